The van der Waals surface area contributed by atoms with Gasteiger partial charge < -0.3 is 10.2 Å². The Bertz CT molecular complexity index is 1210. The average molecular weight is 494 g/mol. The summed E-state index contributed by atoms with van der Waals surface area (Å²) in [5, 5.41) is 19.9. The molecule has 10 heteroatoms. The first-order valence-electron chi connectivity index (χ1n) is 7.89. The van der Waals surface area contributed by atoms with Crippen LogP contribution in [0.25, 0.3) is 0 Å². The van der Waals surface area contributed by atoms with Gasteiger partial charge in [-0.15, -0.1) is 0 Å². The number of aromatic hydroxyl groups is 2. The predicted molar refractivity (Wildman–Crippen MR) is 114 cm³/mol. The minimum Gasteiger partial charge on any atom is -0.508 e. The molecule has 1 unspecified atom stereocenters. The van der Waals surface area contributed by atoms with Gasteiger partial charge in [-0.25, -0.2) is 0 Å². The molecule has 0 amide bonds. The fraction of sp³-hybridized carbons (Fsp3) is 0.0526. The standard InChI is InChI=1S/C19H12Cl4O5S/c20-11-3-1-2-10(8-11)19(29(26,27)28,13-5-4-12(24)9-15(13)22)17-16(25)7-6-14(21)18(17)23/h1-9,24-25H,(H,26,27,28). The summed E-state index contributed by atoms with van der Waals surface area (Å²) in [5.41, 5.74) is -0.648. The van der Waals surface area contributed by atoms with Gasteiger partial charge in [0.25, 0.3) is 10.1 Å². The van der Waals surface area contributed by atoms with E-state index >= 15 is 0 Å². The van der Waals surface area contributed by atoms with E-state index in [9.17, 15) is 23.2 Å². The number of hydrogen-bond acceptors (Lipinski definition) is 4. The van der Waals surface area contributed by atoms with Crippen molar-refractivity contribution in [3.05, 3.63) is 91.4 Å². The molecule has 3 N–H and O–H groups in total. The zero-order valence-corrected chi connectivity index (χ0v) is 18.1. The Balaban J connectivity index is 2.65. The fourth-order valence-electron chi connectivity index (χ4n) is 3.22. The normalized spacial score (nSPS) is 13.8. The molecular weight excluding hydrogens is 482 g/mol. The van der Waals surface area contributed by atoms with Gasteiger partial charge >= 0.3 is 0 Å². The number of hydrogen-bond donors (Lipinski definition) is 3. The summed E-state index contributed by atoms with van der Waals surface area (Å²) < 4.78 is 34.0. The lowest BCUT2D eigenvalue weighted by Crippen LogP contribution is -2.39. The Morgan fingerprint density at radius 2 is 1.52 bits per heavy atom. The van der Waals surface area contributed by atoms with E-state index in [4.69, 9.17) is 46.4 Å². The van der Waals surface area contributed by atoms with Crippen molar-refractivity contribution in [1.82, 2.24) is 0 Å². The maximum absolute atomic E-state index is 13.0. The highest BCUT2D eigenvalue weighted by atomic mass is 35.5. The SMILES string of the molecule is O=S(=O)(O)C(c1cccc(Cl)c1)(c1ccc(O)cc1Cl)c1c(O)ccc(Cl)c1Cl. The van der Waals surface area contributed by atoms with Gasteiger partial charge in [-0.2, -0.15) is 8.42 Å². The molecule has 0 fully saturated rings. The third-order valence-corrected chi connectivity index (χ3v) is 7.16. The summed E-state index contributed by atoms with van der Waals surface area (Å²) in [5.74, 6) is -0.795. The molecule has 0 saturated carbocycles. The second kappa shape index (κ2) is 7.87. The molecule has 3 aromatic carbocycles. The molecule has 0 aromatic heterocycles. The zero-order chi connectivity index (χ0) is 21.6. The van der Waals surface area contributed by atoms with Crippen LogP contribution in [0.4, 0.5) is 0 Å². The van der Waals surface area contributed by atoms with Crippen molar-refractivity contribution in [3.63, 3.8) is 0 Å². The van der Waals surface area contributed by atoms with Crippen molar-refractivity contribution in [3.8, 4) is 11.5 Å². The molecule has 152 valence electrons. The quantitative estimate of drug-likeness (QED) is 0.311. The highest BCUT2D eigenvalue weighted by Gasteiger charge is 2.52. The Hall–Kier alpha value is -1.67. The lowest BCUT2D eigenvalue weighted by molar-refractivity contribution is 0.440. The van der Waals surface area contributed by atoms with E-state index in [-0.39, 0.29) is 37.0 Å². The molecule has 0 heterocycles. The van der Waals surface area contributed by atoms with Gasteiger partial charge in [-0.05, 0) is 42.0 Å². The average Bonchev–Trinajstić information content (AvgIpc) is 2.62. The smallest absolute Gasteiger partial charge is 0.283 e. The number of phenolic OH excluding ortho intramolecular Hbond substituents is 2. The summed E-state index contributed by atoms with van der Waals surface area (Å²) in [4.78, 5) is 0. The number of phenols is 2. The summed E-state index contributed by atoms with van der Waals surface area (Å²) in [6, 6.07) is 11.5. The van der Waals surface area contributed by atoms with Crippen molar-refractivity contribution < 1.29 is 23.2 Å². The summed E-state index contributed by atoms with van der Waals surface area (Å²) >= 11 is 24.8. The summed E-state index contributed by atoms with van der Waals surface area (Å²) in [6.07, 6.45) is 0. The first-order chi connectivity index (χ1) is 13.5. The Morgan fingerprint density at radius 3 is 2.10 bits per heavy atom. The van der Waals surface area contributed by atoms with Gasteiger partial charge in [-0.3, -0.25) is 4.55 Å². The Labute approximate surface area is 186 Å². The van der Waals surface area contributed by atoms with Crippen LogP contribution < -0.4 is 0 Å². The van der Waals surface area contributed by atoms with Crippen LogP contribution in [0, 0.1) is 0 Å². The molecule has 29 heavy (non-hydrogen) atoms. The van der Waals surface area contributed by atoms with Crippen molar-refractivity contribution in [2.45, 2.75) is 4.75 Å². The highest BCUT2D eigenvalue weighted by Crippen LogP contribution is 2.53. The van der Waals surface area contributed by atoms with E-state index in [1.54, 1.807) is 0 Å². The molecule has 3 rings (SSSR count). The first-order valence-corrected chi connectivity index (χ1v) is 10.8. The molecule has 0 saturated heterocycles. The monoisotopic (exact) mass is 492 g/mol. The second-order valence-corrected chi connectivity index (χ2v) is 9.28. The predicted octanol–water partition coefficient (Wildman–Crippen LogP) is 5.89. The Morgan fingerprint density at radius 1 is 0.828 bits per heavy atom. The maximum atomic E-state index is 13.0. The lowest BCUT2D eigenvalue weighted by atomic mass is 9.83. The van der Waals surface area contributed by atoms with Crippen LogP contribution >= 0.6 is 46.4 Å². The van der Waals surface area contributed by atoms with Crippen molar-refractivity contribution in [2.24, 2.45) is 0 Å². The molecule has 0 aliphatic carbocycles. The molecule has 0 radical (unpaired) electrons. The molecule has 5 nitrogen and oxygen atoms in total. The van der Waals surface area contributed by atoms with Crippen molar-refractivity contribution in [1.29, 1.82) is 0 Å². The van der Waals surface area contributed by atoms with Crippen LogP contribution in [0.2, 0.25) is 20.1 Å². The zero-order valence-electron chi connectivity index (χ0n) is 14.3. The van der Waals surface area contributed by atoms with Crippen LogP contribution in [0.1, 0.15) is 16.7 Å². The van der Waals surface area contributed by atoms with Crippen LogP contribution in [-0.2, 0) is 14.9 Å². The van der Waals surface area contributed by atoms with E-state index in [1.807, 2.05) is 0 Å². The van der Waals surface area contributed by atoms with Gasteiger partial charge in [-0.1, -0.05) is 64.6 Å². The lowest BCUT2D eigenvalue weighted by Gasteiger charge is -2.34. The van der Waals surface area contributed by atoms with Crippen molar-refractivity contribution >= 4 is 56.5 Å². The second-order valence-electron chi connectivity index (χ2n) is 6.09. The molecule has 3 aromatic rings. The highest BCUT2D eigenvalue weighted by molar-refractivity contribution is 7.87. The largest absolute Gasteiger partial charge is 0.508 e. The minimum atomic E-state index is -5.13. The van der Waals surface area contributed by atoms with E-state index in [0.29, 0.717) is 0 Å². The minimum absolute atomic E-state index is 0.0560. The number of rotatable bonds is 4. The molecule has 0 spiro atoms. The van der Waals surface area contributed by atoms with Crippen molar-refractivity contribution in [2.75, 3.05) is 0 Å². The third-order valence-electron chi connectivity index (χ3n) is 4.37. The first kappa shape index (κ1) is 22.0. The van der Waals surface area contributed by atoms with Crippen LogP contribution in [0.5, 0.6) is 11.5 Å². The van der Waals surface area contributed by atoms with Gasteiger partial charge in [0.15, 0.2) is 4.75 Å². The molecule has 0 aliphatic heterocycles. The molecular formula is C19H12Cl4O5S. The summed E-state index contributed by atoms with van der Waals surface area (Å²) in [7, 11) is -5.13. The molecule has 0 bridgehead atoms. The number of benzene rings is 3. The molecule has 1 atom stereocenters. The van der Waals surface area contributed by atoms with E-state index < -0.39 is 26.2 Å². The van der Waals surface area contributed by atoms with Gasteiger partial charge in [0, 0.05) is 21.2 Å². The van der Waals surface area contributed by atoms with E-state index in [0.717, 1.165) is 12.1 Å². The van der Waals surface area contributed by atoms with E-state index in [2.05, 4.69) is 0 Å². The summed E-state index contributed by atoms with van der Waals surface area (Å²) in [6.45, 7) is 0. The fourth-order valence-corrected chi connectivity index (χ4v) is 5.65. The van der Waals surface area contributed by atoms with Gasteiger partial charge in [0.2, 0.25) is 0 Å². The van der Waals surface area contributed by atoms with Gasteiger partial charge in [0.1, 0.15) is 11.5 Å². The molecule has 0 aliphatic rings. The Kier molecular flexibility index (Phi) is 5.98. The van der Waals surface area contributed by atoms with Gasteiger partial charge in [0.05, 0.1) is 10.0 Å². The topological polar surface area (TPSA) is 94.8 Å². The third kappa shape index (κ3) is 3.65. The maximum Gasteiger partial charge on any atom is 0.283 e. The van der Waals surface area contributed by atoms with Crippen LogP contribution in [-0.4, -0.2) is 23.2 Å². The van der Waals surface area contributed by atoms with E-state index in [1.165, 1.54) is 42.5 Å². The van der Waals surface area contributed by atoms with Crippen LogP contribution in [0.15, 0.2) is 54.6 Å². The number of halogens is 4. The van der Waals surface area contributed by atoms with Crippen LogP contribution in [0.3, 0.4) is 0 Å².